The second-order valence-electron chi connectivity index (χ2n) is 3.62. The third-order valence-corrected chi connectivity index (χ3v) is 2.73. The fourth-order valence-electron chi connectivity index (χ4n) is 1.37. The van der Waals surface area contributed by atoms with Gasteiger partial charge < -0.3 is 11.1 Å². The zero-order valence-electron chi connectivity index (χ0n) is 9.21. The van der Waals surface area contributed by atoms with Crippen molar-refractivity contribution in [2.24, 2.45) is 5.73 Å². The topological polar surface area (TPSA) is 55.1 Å². The normalized spacial score (nSPS) is 10.1. The highest BCUT2D eigenvalue weighted by molar-refractivity contribution is 9.10. The lowest BCUT2D eigenvalue weighted by atomic mass is 10.1. The van der Waals surface area contributed by atoms with Gasteiger partial charge in [0.2, 0.25) is 5.91 Å². The lowest BCUT2D eigenvalue weighted by Gasteiger charge is -2.04. The summed E-state index contributed by atoms with van der Waals surface area (Å²) in [6.45, 7) is 1.29. The lowest BCUT2D eigenvalue weighted by molar-refractivity contribution is -0.121. The monoisotopic (exact) mass is 284 g/mol. The molecule has 0 spiro atoms. The molecule has 0 unspecified atom stereocenters. The lowest BCUT2D eigenvalue weighted by Crippen LogP contribution is -2.26. The van der Waals surface area contributed by atoms with Crippen LogP contribution in [0.1, 0.15) is 18.4 Å². The van der Waals surface area contributed by atoms with Gasteiger partial charge in [-0.3, -0.25) is 4.79 Å². The molecule has 0 aliphatic rings. The summed E-state index contributed by atoms with van der Waals surface area (Å²) >= 11 is 3.41. The molecule has 0 fully saturated rings. The summed E-state index contributed by atoms with van der Waals surface area (Å²) in [6, 6.07) is 8.02. The SMILES string of the molecule is NCCCNC(=O)CCc1cccc(Br)c1. The third-order valence-electron chi connectivity index (χ3n) is 2.23. The van der Waals surface area contributed by atoms with Gasteiger partial charge >= 0.3 is 0 Å². The molecule has 1 aromatic carbocycles. The predicted octanol–water partition coefficient (Wildman–Crippen LogP) is 1.85. The number of nitrogens with one attached hydrogen (secondary N) is 1. The van der Waals surface area contributed by atoms with E-state index in [1.165, 1.54) is 5.56 Å². The Kier molecular flexibility index (Phi) is 6.11. The molecule has 0 aliphatic heterocycles. The van der Waals surface area contributed by atoms with Gasteiger partial charge in [0.1, 0.15) is 0 Å². The van der Waals surface area contributed by atoms with Gasteiger partial charge in [0.15, 0.2) is 0 Å². The summed E-state index contributed by atoms with van der Waals surface area (Å²) in [5.41, 5.74) is 6.51. The van der Waals surface area contributed by atoms with Gasteiger partial charge in [-0.05, 0) is 37.1 Å². The van der Waals surface area contributed by atoms with E-state index < -0.39 is 0 Å². The molecule has 3 nitrogen and oxygen atoms in total. The molecule has 4 heteroatoms. The first-order chi connectivity index (χ1) is 7.72. The zero-order valence-corrected chi connectivity index (χ0v) is 10.8. The number of halogens is 1. The molecule has 0 aliphatic carbocycles. The third kappa shape index (κ3) is 5.28. The zero-order chi connectivity index (χ0) is 11.8. The van der Waals surface area contributed by atoms with Gasteiger partial charge in [-0.2, -0.15) is 0 Å². The van der Waals surface area contributed by atoms with Gasteiger partial charge in [-0.1, -0.05) is 28.1 Å². The van der Waals surface area contributed by atoms with Crippen LogP contribution in [0.3, 0.4) is 0 Å². The van der Waals surface area contributed by atoms with E-state index >= 15 is 0 Å². The van der Waals surface area contributed by atoms with E-state index in [4.69, 9.17) is 5.73 Å². The van der Waals surface area contributed by atoms with Gasteiger partial charge in [0.25, 0.3) is 0 Å². The number of hydrogen-bond donors (Lipinski definition) is 2. The van der Waals surface area contributed by atoms with Gasteiger partial charge in [0.05, 0.1) is 0 Å². The number of aryl methyl sites for hydroxylation is 1. The Hall–Kier alpha value is -0.870. The maximum absolute atomic E-state index is 11.4. The van der Waals surface area contributed by atoms with E-state index in [9.17, 15) is 4.79 Å². The molecule has 0 radical (unpaired) electrons. The van der Waals surface area contributed by atoms with Crippen molar-refractivity contribution in [2.45, 2.75) is 19.3 Å². The minimum atomic E-state index is 0.0911. The average Bonchev–Trinajstić information content (AvgIpc) is 2.27. The van der Waals surface area contributed by atoms with E-state index in [1.54, 1.807) is 0 Å². The van der Waals surface area contributed by atoms with Crippen molar-refractivity contribution < 1.29 is 4.79 Å². The number of carbonyl (C=O) groups is 1. The van der Waals surface area contributed by atoms with E-state index in [1.807, 2.05) is 24.3 Å². The van der Waals surface area contributed by atoms with Crippen molar-refractivity contribution in [2.75, 3.05) is 13.1 Å². The highest BCUT2D eigenvalue weighted by Crippen LogP contribution is 2.12. The molecule has 0 aromatic heterocycles. The summed E-state index contributed by atoms with van der Waals surface area (Å²) in [5, 5.41) is 2.84. The number of benzene rings is 1. The Morgan fingerprint density at radius 1 is 1.44 bits per heavy atom. The Labute approximate surface area is 105 Å². The molecule has 3 N–H and O–H groups in total. The smallest absolute Gasteiger partial charge is 0.220 e. The van der Waals surface area contributed by atoms with Gasteiger partial charge in [-0.15, -0.1) is 0 Å². The van der Waals surface area contributed by atoms with Crippen LogP contribution in [-0.2, 0) is 11.2 Å². The Morgan fingerprint density at radius 2 is 2.25 bits per heavy atom. The van der Waals surface area contributed by atoms with Crippen molar-refractivity contribution in [1.82, 2.24) is 5.32 Å². The Bertz CT molecular complexity index is 342. The summed E-state index contributed by atoms with van der Waals surface area (Å²) in [7, 11) is 0. The van der Waals surface area contributed by atoms with Crippen LogP contribution in [0, 0.1) is 0 Å². The summed E-state index contributed by atoms with van der Waals surface area (Å²) < 4.78 is 1.05. The number of hydrogen-bond acceptors (Lipinski definition) is 2. The highest BCUT2D eigenvalue weighted by Gasteiger charge is 2.01. The maximum atomic E-state index is 11.4. The first-order valence-electron chi connectivity index (χ1n) is 5.43. The Morgan fingerprint density at radius 3 is 2.94 bits per heavy atom. The van der Waals surface area contributed by atoms with Gasteiger partial charge in [0, 0.05) is 17.4 Å². The van der Waals surface area contributed by atoms with Crippen molar-refractivity contribution in [3.63, 3.8) is 0 Å². The number of carbonyl (C=O) groups excluding carboxylic acids is 1. The number of nitrogens with two attached hydrogens (primary N) is 1. The molecule has 1 aromatic rings. The van der Waals surface area contributed by atoms with Crippen LogP contribution < -0.4 is 11.1 Å². The van der Waals surface area contributed by atoms with Crippen molar-refractivity contribution >= 4 is 21.8 Å². The van der Waals surface area contributed by atoms with Crippen molar-refractivity contribution in [3.05, 3.63) is 34.3 Å². The van der Waals surface area contributed by atoms with Crippen LogP contribution >= 0.6 is 15.9 Å². The highest BCUT2D eigenvalue weighted by atomic mass is 79.9. The van der Waals surface area contributed by atoms with Crippen LogP contribution in [0.15, 0.2) is 28.7 Å². The molecule has 0 bridgehead atoms. The molecular weight excluding hydrogens is 268 g/mol. The van der Waals surface area contributed by atoms with Crippen LogP contribution in [0.4, 0.5) is 0 Å². The quantitative estimate of drug-likeness (QED) is 0.784. The second-order valence-corrected chi connectivity index (χ2v) is 4.54. The largest absolute Gasteiger partial charge is 0.356 e. The fourth-order valence-corrected chi connectivity index (χ4v) is 1.82. The fraction of sp³-hybridized carbons (Fsp3) is 0.417. The predicted molar refractivity (Wildman–Crippen MR) is 69.1 cm³/mol. The molecular formula is C12H17BrN2O. The van der Waals surface area contributed by atoms with Crippen LogP contribution in [0.5, 0.6) is 0 Å². The van der Waals surface area contributed by atoms with Crippen LogP contribution in [-0.4, -0.2) is 19.0 Å². The molecule has 1 rings (SSSR count). The van der Waals surface area contributed by atoms with E-state index in [0.29, 0.717) is 19.5 Å². The second kappa shape index (κ2) is 7.41. The molecule has 16 heavy (non-hydrogen) atoms. The molecule has 0 atom stereocenters. The van der Waals surface area contributed by atoms with E-state index in [-0.39, 0.29) is 5.91 Å². The Balaban J connectivity index is 2.26. The average molecular weight is 285 g/mol. The van der Waals surface area contributed by atoms with E-state index in [2.05, 4.69) is 21.2 Å². The van der Waals surface area contributed by atoms with E-state index in [0.717, 1.165) is 17.3 Å². The number of rotatable bonds is 6. The first-order valence-corrected chi connectivity index (χ1v) is 6.23. The standard InChI is InChI=1S/C12H17BrN2O/c13-11-4-1-3-10(9-11)5-6-12(16)15-8-2-7-14/h1,3-4,9H,2,5-8,14H2,(H,15,16). The minimum absolute atomic E-state index is 0.0911. The van der Waals surface area contributed by atoms with Crippen molar-refractivity contribution in [3.8, 4) is 0 Å². The molecule has 0 heterocycles. The summed E-state index contributed by atoms with van der Waals surface area (Å²) in [5.74, 6) is 0.0911. The maximum Gasteiger partial charge on any atom is 0.220 e. The van der Waals surface area contributed by atoms with Crippen LogP contribution in [0.25, 0.3) is 0 Å². The van der Waals surface area contributed by atoms with Crippen LogP contribution in [0.2, 0.25) is 0 Å². The summed E-state index contributed by atoms with van der Waals surface area (Å²) in [4.78, 5) is 11.4. The number of amides is 1. The van der Waals surface area contributed by atoms with Gasteiger partial charge in [-0.25, -0.2) is 0 Å². The molecule has 0 saturated carbocycles. The van der Waals surface area contributed by atoms with Crippen molar-refractivity contribution in [1.29, 1.82) is 0 Å². The molecule has 0 saturated heterocycles. The first kappa shape index (κ1) is 13.2. The molecule has 1 amide bonds. The summed E-state index contributed by atoms with van der Waals surface area (Å²) in [6.07, 6.45) is 2.14. The minimum Gasteiger partial charge on any atom is -0.356 e. The molecule has 88 valence electrons.